The highest BCUT2D eigenvalue weighted by atomic mass is 32.2. The monoisotopic (exact) mass is 148 g/mol. The average Bonchev–Trinajstić information content (AvgIpc) is 1.88. The highest BCUT2D eigenvalue weighted by molar-refractivity contribution is 8.16. The molecule has 0 atom stereocenters. The maximum Gasteiger partial charge on any atom is 0.184 e. The van der Waals surface area contributed by atoms with E-state index < -0.39 is 0 Å². The fourth-order valence-electron chi connectivity index (χ4n) is 0.605. The summed E-state index contributed by atoms with van der Waals surface area (Å²) in [5.74, 6) is 0. The highest BCUT2D eigenvalue weighted by Gasteiger charge is 1.93. The molecule has 1 nitrogen and oxygen atoms in total. The Bertz CT molecular complexity index is 222. The molecular weight excluding hydrogens is 143 g/mol. The van der Waals surface area contributed by atoms with Crippen molar-refractivity contribution >= 4 is 24.6 Å². The van der Waals surface area contributed by atoms with E-state index in [1.165, 1.54) is 0 Å². The number of carbonyl (C=O) groups excluding carboxylic acids is 1. The molecule has 0 amide bonds. The van der Waals surface area contributed by atoms with Crippen LogP contribution in [-0.2, 0) is 0 Å². The standard InChI is InChI=1S/C7H5BOS/c8-7(9)10-6-4-2-1-3-5-6/h1-5H. The van der Waals surface area contributed by atoms with Gasteiger partial charge in [-0.3, -0.25) is 0 Å². The van der Waals surface area contributed by atoms with Gasteiger partial charge in [-0.25, -0.2) is 0 Å². The Morgan fingerprint density at radius 2 is 1.90 bits per heavy atom. The van der Waals surface area contributed by atoms with Gasteiger partial charge in [0.25, 0.3) is 0 Å². The summed E-state index contributed by atoms with van der Waals surface area (Å²) >= 11 is 1.04. The summed E-state index contributed by atoms with van der Waals surface area (Å²) in [7, 11) is 4.95. The Kier molecular flexibility index (Phi) is 2.57. The third kappa shape index (κ3) is 2.27. The summed E-state index contributed by atoms with van der Waals surface area (Å²) in [6.07, 6.45) is 0. The van der Waals surface area contributed by atoms with Gasteiger partial charge >= 0.3 is 0 Å². The normalized spacial score (nSPS) is 9.20. The Hall–Kier alpha value is -0.695. The molecule has 1 rings (SSSR count). The van der Waals surface area contributed by atoms with Crippen molar-refractivity contribution < 1.29 is 4.79 Å². The molecule has 0 aliphatic heterocycles. The molecule has 0 heterocycles. The van der Waals surface area contributed by atoms with Gasteiger partial charge in [0.2, 0.25) is 0 Å². The van der Waals surface area contributed by atoms with Crippen molar-refractivity contribution in [1.82, 2.24) is 0 Å². The number of carbonyl (C=O) groups is 1. The van der Waals surface area contributed by atoms with Gasteiger partial charge in [0.05, 0.1) is 0 Å². The van der Waals surface area contributed by atoms with Crippen molar-refractivity contribution in [3.05, 3.63) is 30.3 Å². The Morgan fingerprint density at radius 3 is 2.40 bits per heavy atom. The minimum Gasteiger partial charge on any atom is -0.300 e. The first-order chi connectivity index (χ1) is 4.79. The minimum atomic E-state index is -0.369. The zero-order valence-electron chi connectivity index (χ0n) is 5.28. The molecule has 0 aromatic heterocycles. The molecule has 1 aromatic carbocycles. The van der Waals surface area contributed by atoms with Crippen LogP contribution in [-0.4, -0.2) is 12.9 Å². The van der Waals surface area contributed by atoms with Crippen molar-refractivity contribution in [1.29, 1.82) is 0 Å². The molecule has 0 aliphatic carbocycles. The van der Waals surface area contributed by atoms with Crippen molar-refractivity contribution in [2.45, 2.75) is 4.90 Å². The molecule has 0 saturated carbocycles. The third-order valence-corrected chi connectivity index (χ3v) is 1.67. The SMILES string of the molecule is [B]C(=O)Sc1ccccc1. The molecule has 0 unspecified atom stereocenters. The van der Waals surface area contributed by atoms with Gasteiger partial charge in [-0.05, 0) is 12.1 Å². The highest BCUT2D eigenvalue weighted by Crippen LogP contribution is 2.16. The molecule has 0 spiro atoms. The molecule has 1 aromatic rings. The van der Waals surface area contributed by atoms with E-state index >= 15 is 0 Å². The molecule has 2 radical (unpaired) electrons. The summed E-state index contributed by atoms with van der Waals surface area (Å²) in [5.41, 5.74) is 0. The number of thioether (sulfide) groups is 1. The second-order valence-corrected chi connectivity index (χ2v) is 2.81. The fraction of sp³-hybridized carbons (Fsp3) is 0. The summed E-state index contributed by atoms with van der Waals surface area (Å²) in [6, 6.07) is 9.31. The van der Waals surface area contributed by atoms with Crippen LogP contribution >= 0.6 is 11.8 Å². The zero-order chi connectivity index (χ0) is 7.40. The van der Waals surface area contributed by atoms with Crippen LogP contribution in [0.3, 0.4) is 0 Å². The average molecular weight is 148 g/mol. The lowest BCUT2D eigenvalue weighted by Crippen LogP contribution is -1.82. The van der Waals surface area contributed by atoms with Crippen molar-refractivity contribution in [2.24, 2.45) is 0 Å². The molecule has 10 heavy (non-hydrogen) atoms. The van der Waals surface area contributed by atoms with Gasteiger partial charge in [0.15, 0.2) is 7.85 Å². The molecule has 0 saturated heterocycles. The van der Waals surface area contributed by atoms with Crippen LogP contribution in [0, 0.1) is 0 Å². The molecule has 3 heteroatoms. The molecule has 0 fully saturated rings. The summed E-state index contributed by atoms with van der Waals surface area (Å²) in [5, 5.41) is -0.369. The second kappa shape index (κ2) is 3.47. The van der Waals surface area contributed by atoms with Crippen molar-refractivity contribution in [3.8, 4) is 0 Å². The Labute approximate surface area is 65.2 Å². The van der Waals surface area contributed by atoms with Gasteiger partial charge in [0.1, 0.15) is 5.01 Å². The molecule has 0 N–H and O–H groups in total. The minimum absolute atomic E-state index is 0.369. The zero-order valence-corrected chi connectivity index (χ0v) is 6.10. The van der Waals surface area contributed by atoms with Crippen LogP contribution in [0.15, 0.2) is 35.2 Å². The quantitative estimate of drug-likeness (QED) is 0.447. The molecule has 0 bridgehead atoms. The van der Waals surface area contributed by atoms with Gasteiger partial charge in [0, 0.05) is 4.90 Å². The van der Waals surface area contributed by atoms with E-state index in [0.717, 1.165) is 16.7 Å². The smallest absolute Gasteiger partial charge is 0.184 e. The topological polar surface area (TPSA) is 17.1 Å². The van der Waals surface area contributed by atoms with Crippen LogP contribution in [0.1, 0.15) is 0 Å². The number of rotatable bonds is 1. The first-order valence-electron chi connectivity index (χ1n) is 2.81. The summed E-state index contributed by atoms with van der Waals surface area (Å²) in [4.78, 5) is 11.2. The van der Waals surface area contributed by atoms with Crippen LogP contribution in [0.5, 0.6) is 0 Å². The molecule has 48 valence electrons. The van der Waals surface area contributed by atoms with E-state index in [2.05, 4.69) is 0 Å². The van der Waals surface area contributed by atoms with Gasteiger partial charge < -0.3 is 4.79 Å². The predicted molar refractivity (Wildman–Crippen MR) is 43.4 cm³/mol. The first-order valence-corrected chi connectivity index (χ1v) is 3.63. The Balaban J connectivity index is 2.67. The predicted octanol–water partition coefficient (Wildman–Crippen LogP) is 2.07. The van der Waals surface area contributed by atoms with Gasteiger partial charge in [-0.2, -0.15) is 0 Å². The Morgan fingerprint density at radius 1 is 1.30 bits per heavy atom. The van der Waals surface area contributed by atoms with E-state index in [4.69, 9.17) is 7.85 Å². The molecular formula is C7H5BOS. The summed E-state index contributed by atoms with van der Waals surface area (Å²) < 4.78 is 0. The van der Waals surface area contributed by atoms with Crippen LogP contribution in [0.4, 0.5) is 4.79 Å². The number of benzene rings is 1. The number of hydrogen-bond acceptors (Lipinski definition) is 2. The van der Waals surface area contributed by atoms with E-state index in [1.807, 2.05) is 30.3 Å². The van der Waals surface area contributed by atoms with Crippen LogP contribution < -0.4 is 0 Å². The maximum atomic E-state index is 10.4. The number of hydrogen-bond donors (Lipinski definition) is 0. The first kappa shape index (κ1) is 7.41. The second-order valence-electron chi connectivity index (χ2n) is 1.73. The lowest BCUT2D eigenvalue weighted by atomic mass is 10.2. The van der Waals surface area contributed by atoms with Crippen molar-refractivity contribution in [3.63, 3.8) is 0 Å². The van der Waals surface area contributed by atoms with Gasteiger partial charge in [-0.15, -0.1) is 0 Å². The van der Waals surface area contributed by atoms with Crippen LogP contribution in [0.25, 0.3) is 0 Å². The largest absolute Gasteiger partial charge is 0.300 e. The lowest BCUT2D eigenvalue weighted by Gasteiger charge is -1.93. The fourth-order valence-corrected chi connectivity index (χ4v) is 1.13. The van der Waals surface area contributed by atoms with E-state index in [-0.39, 0.29) is 5.01 Å². The summed E-state index contributed by atoms with van der Waals surface area (Å²) in [6.45, 7) is 0. The maximum absolute atomic E-state index is 10.4. The van der Waals surface area contributed by atoms with E-state index in [9.17, 15) is 4.79 Å². The lowest BCUT2D eigenvalue weighted by molar-refractivity contribution is 0.276. The van der Waals surface area contributed by atoms with Gasteiger partial charge in [-0.1, -0.05) is 30.0 Å². The van der Waals surface area contributed by atoms with E-state index in [1.54, 1.807) is 0 Å². The van der Waals surface area contributed by atoms with Crippen LogP contribution in [0.2, 0.25) is 0 Å². The molecule has 0 aliphatic rings. The third-order valence-electron chi connectivity index (χ3n) is 0.962. The van der Waals surface area contributed by atoms with E-state index in [0.29, 0.717) is 0 Å². The van der Waals surface area contributed by atoms with Crippen molar-refractivity contribution in [2.75, 3.05) is 0 Å².